The minimum absolute atomic E-state index is 0.0447. The van der Waals surface area contributed by atoms with Crippen LogP contribution in [-0.2, 0) is 4.79 Å². The maximum Gasteiger partial charge on any atom is 0.238 e. The van der Waals surface area contributed by atoms with Crippen molar-refractivity contribution in [3.63, 3.8) is 0 Å². The third kappa shape index (κ3) is 4.56. The average Bonchev–Trinajstić information content (AvgIpc) is 3.15. The first kappa shape index (κ1) is 18.3. The van der Waals surface area contributed by atoms with Gasteiger partial charge >= 0.3 is 0 Å². The Hall–Kier alpha value is -2.51. The average molecular weight is 414 g/mol. The van der Waals surface area contributed by atoms with Gasteiger partial charge in [0.1, 0.15) is 12.7 Å². The number of hydrogen-bond acceptors (Lipinski definition) is 4. The number of carbonyl (C=O) groups excluding carboxylic acids is 1. The second-order valence-electron chi connectivity index (χ2n) is 6.08. The summed E-state index contributed by atoms with van der Waals surface area (Å²) in [5.74, 6) is -0.0447. The molecule has 6 nitrogen and oxygen atoms in total. The number of nitrogens with one attached hydrogen (secondary N) is 1. The van der Waals surface area contributed by atoms with E-state index in [4.69, 9.17) is 0 Å². The van der Waals surface area contributed by atoms with E-state index in [0.717, 1.165) is 21.4 Å². The molecular formula is C19H20BrN5O. The summed E-state index contributed by atoms with van der Waals surface area (Å²) in [5.41, 5.74) is 2.86. The Morgan fingerprint density at radius 3 is 2.69 bits per heavy atom. The van der Waals surface area contributed by atoms with Gasteiger partial charge in [-0.25, -0.2) is 9.67 Å². The summed E-state index contributed by atoms with van der Waals surface area (Å²) in [6.07, 6.45) is 3.17. The van der Waals surface area contributed by atoms with Gasteiger partial charge in [0.2, 0.25) is 5.91 Å². The molecule has 0 saturated carbocycles. The number of amides is 1. The number of benzene rings is 2. The number of likely N-dealkylation sites (N-methyl/N-ethyl adjacent to an activating group) is 1. The molecule has 1 N–H and O–H groups in total. The number of nitrogens with zero attached hydrogens (tertiary/aromatic N) is 4. The standard InChI is InChI=1S/C19H20BrN5O/c1-14(15-6-8-18(9-7-15)25-13-21-12-22-25)24(2)11-19(26)23-17-5-3-4-16(20)10-17/h3-10,12-14H,11H2,1-2H3,(H,23,26)/t14-/m1/s1. The normalized spacial score (nSPS) is 12.2. The zero-order chi connectivity index (χ0) is 18.5. The van der Waals surface area contributed by atoms with E-state index in [1.807, 2.05) is 60.5 Å². The Kier molecular flexibility index (Phi) is 5.80. The fourth-order valence-corrected chi connectivity index (χ4v) is 3.03. The van der Waals surface area contributed by atoms with Crippen LogP contribution in [0.5, 0.6) is 0 Å². The fourth-order valence-electron chi connectivity index (χ4n) is 2.63. The summed E-state index contributed by atoms with van der Waals surface area (Å²) >= 11 is 3.40. The van der Waals surface area contributed by atoms with Crippen molar-refractivity contribution in [1.29, 1.82) is 0 Å². The van der Waals surface area contributed by atoms with Crippen LogP contribution >= 0.6 is 15.9 Å². The quantitative estimate of drug-likeness (QED) is 0.669. The molecule has 1 aromatic heterocycles. The summed E-state index contributed by atoms with van der Waals surface area (Å²) in [6.45, 7) is 2.38. The minimum atomic E-state index is -0.0447. The van der Waals surface area contributed by atoms with Crippen LogP contribution in [0.3, 0.4) is 0 Å². The van der Waals surface area contributed by atoms with E-state index < -0.39 is 0 Å². The molecule has 1 heterocycles. The van der Waals surface area contributed by atoms with Crippen LogP contribution in [0.2, 0.25) is 0 Å². The van der Waals surface area contributed by atoms with Crippen LogP contribution in [0.4, 0.5) is 5.69 Å². The Morgan fingerprint density at radius 1 is 1.27 bits per heavy atom. The first-order chi connectivity index (χ1) is 12.5. The van der Waals surface area contributed by atoms with Gasteiger partial charge in [0.25, 0.3) is 0 Å². The van der Waals surface area contributed by atoms with Crippen molar-refractivity contribution in [2.75, 3.05) is 18.9 Å². The zero-order valence-corrected chi connectivity index (χ0v) is 16.2. The summed E-state index contributed by atoms with van der Waals surface area (Å²) in [6, 6.07) is 15.8. The molecule has 2 aromatic carbocycles. The Balaban J connectivity index is 1.60. The van der Waals surface area contributed by atoms with Gasteiger partial charge < -0.3 is 5.32 Å². The molecule has 0 radical (unpaired) electrons. The maximum absolute atomic E-state index is 12.3. The van der Waals surface area contributed by atoms with Crippen molar-refractivity contribution in [1.82, 2.24) is 19.7 Å². The van der Waals surface area contributed by atoms with Crippen molar-refractivity contribution in [2.24, 2.45) is 0 Å². The second-order valence-corrected chi connectivity index (χ2v) is 7.00. The molecule has 0 fully saturated rings. The molecule has 0 aliphatic heterocycles. The van der Waals surface area contributed by atoms with Gasteiger partial charge in [0.15, 0.2) is 0 Å². The van der Waals surface area contributed by atoms with Crippen LogP contribution in [-0.4, -0.2) is 39.2 Å². The lowest BCUT2D eigenvalue weighted by molar-refractivity contribution is -0.117. The molecule has 7 heteroatoms. The van der Waals surface area contributed by atoms with E-state index in [0.29, 0.717) is 6.54 Å². The maximum atomic E-state index is 12.3. The molecule has 26 heavy (non-hydrogen) atoms. The van der Waals surface area contributed by atoms with Crippen molar-refractivity contribution in [3.05, 3.63) is 71.2 Å². The molecule has 1 amide bonds. The van der Waals surface area contributed by atoms with Gasteiger partial charge in [0.05, 0.1) is 12.2 Å². The molecular weight excluding hydrogens is 394 g/mol. The van der Waals surface area contributed by atoms with Gasteiger partial charge in [-0.05, 0) is 49.9 Å². The molecule has 134 valence electrons. The number of halogens is 1. The summed E-state index contributed by atoms with van der Waals surface area (Å²) in [4.78, 5) is 18.3. The van der Waals surface area contributed by atoms with Crippen molar-refractivity contribution < 1.29 is 4.79 Å². The monoisotopic (exact) mass is 413 g/mol. The van der Waals surface area contributed by atoms with Crippen molar-refractivity contribution in [2.45, 2.75) is 13.0 Å². The molecule has 3 rings (SSSR count). The smallest absolute Gasteiger partial charge is 0.238 e. The molecule has 0 saturated heterocycles. The molecule has 0 spiro atoms. The molecule has 3 aromatic rings. The predicted octanol–water partition coefficient (Wildman–Crippen LogP) is 3.66. The van der Waals surface area contributed by atoms with Gasteiger partial charge in [-0.2, -0.15) is 5.10 Å². The van der Waals surface area contributed by atoms with Crippen molar-refractivity contribution >= 4 is 27.5 Å². The molecule has 0 aliphatic rings. The number of hydrogen-bond donors (Lipinski definition) is 1. The van der Waals surface area contributed by atoms with E-state index in [9.17, 15) is 4.79 Å². The third-order valence-electron chi connectivity index (χ3n) is 4.22. The van der Waals surface area contributed by atoms with E-state index in [1.165, 1.54) is 6.33 Å². The van der Waals surface area contributed by atoms with E-state index >= 15 is 0 Å². The number of rotatable bonds is 6. The zero-order valence-electron chi connectivity index (χ0n) is 14.6. The van der Waals surface area contributed by atoms with E-state index in [-0.39, 0.29) is 11.9 Å². The van der Waals surface area contributed by atoms with E-state index in [1.54, 1.807) is 11.0 Å². The van der Waals surface area contributed by atoms with Crippen LogP contribution in [0.1, 0.15) is 18.5 Å². The number of carbonyl (C=O) groups is 1. The second kappa shape index (κ2) is 8.25. The molecule has 0 bridgehead atoms. The topological polar surface area (TPSA) is 63.1 Å². The first-order valence-corrected chi connectivity index (χ1v) is 9.03. The minimum Gasteiger partial charge on any atom is -0.325 e. The summed E-state index contributed by atoms with van der Waals surface area (Å²) in [5, 5.41) is 7.04. The van der Waals surface area contributed by atoms with Gasteiger partial charge in [-0.3, -0.25) is 9.69 Å². The molecule has 1 atom stereocenters. The number of aromatic nitrogens is 3. The van der Waals surface area contributed by atoms with Gasteiger partial charge in [-0.15, -0.1) is 0 Å². The van der Waals surface area contributed by atoms with Gasteiger partial charge in [-0.1, -0.05) is 34.1 Å². The van der Waals surface area contributed by atoms with Crippen LogP contribution in [0.25, 0.3) is 5.69 Å². The Bertz CT molecular complexity index is 864. The summed E-state index contributed by atoms with van der Waals surface area (Å²) < 4.78 is 2.65. The SMILES string of the molecule is C[C@H](c1ccc(-n2cncn2)cc1)N(C)CC(=O)Nc1cccc(Br)c1. The largest absolute Gasteiger partial charge is 0.325 e. The highest BCUT2D eigenvalue weighted by Gasteiger charge is 2.15. The van der Waals surface area contributed by atoms with Crippen LogP contribution < -0.4 is 5.32 Å². The number of anilines is 1. The van der Waals surface area contributed by atoms with Crippen LogP contribution in [0, 0.1) is 0 Å². The lowest BCUT2D eigenvalue weighted by Gasteiger charge is -2.24. The van der Waals surface area contributed by atoms with Crippen molar-refractivity contribution in [3.8, 4) is 5.69 Å². The first-order valence-electron chi connectivity index (χ1n) is 8.23. The van der Waals surface area contributed by atoms with E-state index in [2.05, 4.69) is 38.3 Å². The lowest BCUT2D eigenvalue weighted by atomic mass is 10.1. The highest BCUT2D eigenvalue weighted by molar-refractivity contribution is 9.10. The fraction of sp³-hybridized carbons (Fsp3) is 0.211. The van der Waals surface area contributed by atoms with Gasteiger partial charge in [0, 0.05) is 16.2 Å². The molecule has 0 aliphatic carbocycles. The Morgan fingerprint density at radius 2 is 2.04 bits per heavy atom. The predicted molar refractivity (Wildman–Crippen MR) is 105 cm³/mol. The van der Waals surface area contributed by atoms with Crippen LogP contribution in [0.15, 0.2) is 65.7 Å². The molecule has 0 unspecified atom stereocenters. The highest BCUT2D eigenvalue weighted by Crippen LogP contribution is 2.20. The highest BCUT2D eigenvalue weighted by atomic mass is 79.9. The third-order valence-corrected chi connectivity index (χ3v) is 4.71. The Labute approximate surface area is 161 Å². The summed E-state index contributed by atoms with van der Waals surface area (Å²) in [7, 11) is 1.94. The lowest BCUT2D eigenvalue weighted by Crippen LogP contribution is -2.32.